The third kappa shape index (κ3) is 2.03. The van der Waals surface area contributed by atoms with Gasteiger partial charge in [-0.05, 0) is 40.5 Å². The summed E-state index contributed by atoms with van der Waals surface area (Å²) in [6, 6.07) is 7.79. The lowest BCUT2D eigenvalue weighted by atomic mass is 10.2. The normalized spacial score (nSPS) is 11.1. The Morgan fingerprint density at radius 3 is 2.84 bits per heavy atom. The van der Waals surface area contributed by atoms with Crippen LogP contribution in [0.2, 0.25) is 0 Å². The molecule has 0 unspecified atom stereocenters. The number of nitrogens with zero attached hydrogens (tertiary/aromatic N) is 1. The second-order valence-corrected chi connectivity index (χ2v) is 6.10. The minimum Gasteiger partial charge on any atom is -0.493 e. The lowest BCUT2D eigenvalue weighted by Crippen LogP contribution is -2.08. The van der Waals surface area contributed by atoms with Crippen molar-refractivity contribution in [3.8, 4) is 16.3 Å². The van der Waals surface area contributed by atoms with Crippen LogP contribution < -0.4 is 10.2 Å². The molecule has 3 rings (SSSR count). The van der Waals surface area contributed by atoms with E-state index in [1.165, 1.54) is 12.7 Å². The fourth-order valence-electron chi connectivity index (χ4n) is 1.95. The Labute approximate surface area is 122 Å². The molecule has 1 aromatic carbocycles. The van der Waals surface area contributed by atoms with Gasteiger partial charge >= 0.3 is 0 Å². The maximum atomic E-state index is 12.0. The minimum atomic E-state index is -0.139. The Balaban J connectivity index is 2.45. The molecule has 1 aliphatic carbocycles. The van der Waals surface area contributed by atoms with Crippen LogP contribution in [0.5, 0.6) is 5.75 Å². The maximum Gasteiger partial charge on any atom is 0.236 e. The smallest absolute Gasteiger partial charge is 0.236 e. The van der Waals surface area contributed by atoms with E-state index in [1.54, 1.807) is 17.4 Å². The highest BCUT2D eigenvalue weighted by atomic mass is 79.9. The Hall–Kier alpha value is -1.46. The van der Waals surface area contributed by atoms with Gasteiger partial charge in [0.05, 0.1) is 32.4 Å². The summed E-state index contributed by atoms with van der Waals surface area (Å²) in [5, 5.41) is 0. The van der Waals surface area contributed by atoms with E-state index in [0.29, 0.717) is 10.2 Å². The number of rotatable bonds is 1. The third-order valence-electron chi connectivity index (χ3n) is 2.91. The van der Waals surface area contributed by atoms with Gasteiger partial charge in [-0.15, -0.1) is 11.3 Å². The van der Waals surface area contributed by atoms with Crippen molar-refractivity contribution in [1.29, 1.82) is 0 Å². The molecule has 0 aromatic heterocycles. The molecule has 0 saturated carbocycles. The van der Waals surface area contributed by atoms with Gasteiger partial charge in [0.1, 0.15) is 0 Å². The topological polar surface area (TPSA) is 39.2 Å². The van der Waals surface area contributed by atoms with Gasteiger partial charge < -0.3 is 4.74 Å². The van der Waals surface area contributed by atoms with E-state index in [1.807, 2.05) is 19.1 Å². The molecule has 3 nitrogen and oxygen atoms in total. The molecule has 0 spiro atoms. The molecule has 96 valence electrons. The molecule has 1 heterocycles. The predicted octanol–water partition coefficient (Wildman–Crippen LogP) is 3.84. The maximum absolute atomic E-state index is 12.0. The highest BCUT2D eigenvalue weighted by Gasteiger charge is 2.17. The molecule has 0 bridgehead atoms. The number of aryl methyl sites for hydroxylation is 1. The molecular weight excluding hydrogens is 326 g/mol. The number of hydrogen-bond acceptors (Lipinski definition) is 4. The second-order valence-electron chi connectivity index (χ2n) is 4.26. The van der Waals surface area contributed by atoms with E-state index in [2.05, 4.69) is 27.0 Å². The van der Waals surface area contributed by atoms with E-state index >= 15 is 0 Å². The second kappa shape index (κ2) is 4.58. The first-order valence-corrected chi connectivity index (χ1v) is 7.29. The molecular formula is C14H10BrNO2S. The number of ether oxygens (including phenoxy) is 1. The van der Waals surface area contributed by atoms with Gasteiger partial charge in [0.25, 0.3) is 0 Å². The number of fused-ring (bicyclic) bond motifs is 2. The standard InChI is InChI=1S/C14H10BrNO2S/c1-7-3-4-8-11(5-7)19-14-9(16-8)6-10(18-2)13(17)12(14)15/h3-6H,1-2H3. The van der Waals surface area contributed by atoms with E-state index in [0.717, 1.165) is 20.8 Å². The first kappa shape index (κ1) is 12.6. The monoisotopic (exact) mass is 335 g/mol. The quantitative estimate of drug-likeness (QED) is 0.634. The van der Waals surface area contributed by atoms with Crippen LogP contribution in [0, 0.1) is 6.92 Å². The highest BCUT2D eigenvalue weighted by Crippen LogP contribution is 2.36. The summed E-state index contributed by atoms with van der Waals surface area (Å²) >= 11 is 4.92. The molecule has 0 atom stereocenters. The van der Waals surface area contributed by atoms with Crippen LogP contribution in [0.25, 0.3) is 20.8 Å². The third-order valence-corrected chi connectivity index (χ3v) is 5.09. The minimum absolute atomic E-state index is 0.139. The molecule has 19 heavy (non-hydrogen) atoms. The molecule has 2 aliphatic rings. The van der Waals surface area contributed by atoms with Crippen molar-refractivity contribution in [2.24, 2.45) is 0 Å². The number of halogens is 1. The zero-order chi connectivity index (χ0) is 13.6. The first-order chi connectivity index (χ1) is 9.10. The van der Waals surface area contributed by atoms with Crippen molar-refractivity contribution in [1.82, 2.24) is 4.98 Å². The molecule has 0 N–H and O–H groups in total. The van der Waals surface area contributed by atoms with Gasteiger partial charge in [-0.25, -0.2) is 4.98 Å². The van der Waals surface area contributed by atoms with Crippen molar-refractivity contribution in [2.45, 2.75) is 6.92 Å². The Morgan fingerprint density at radius 2 is 2.11 bits per heavy atom. The van der Waals surface area contributed by atoms with Crippen molar-refractivity contribution < 1.29 is 4.74 Å². The zero-order valence-corrected chi connectivity index (χ0v) is 12.8. The highest BCUT2D eigenvalue weighted by molar-refractivity contribution is 9.10. The molecule has 0 saturated heterocycles. The van der Waals surface area contributed by atoms with Crippen LogP contribution in [0.3, 0.4) is 0 Å². The van der Waals surface area contributed by atoms with Gasteiger partial charge in [0.2, 0.25) is 5.43 Å². The summed E-state index contributed by atoms with van der Waals surface area (Å²) < 4.78 is 6.67. The fourth-order valence-corrected chi connectivity index (χ4v) is 3.66. The SMILES string of the molecule is COc1cc2nc3ccc(C)cc3sc-2c(Br)c1=O. The fraction of sp³-hybridized carbons (Fsp3) is 0.143. The van der Waals surface area contributed by atoms with Crippen LogP contribution in [-0.2, 0) is 0 Å². The average Bonchev–Trinajstić information content (AvgIpc) is 2.41. The van der Waals surface area contributed by atoms with Crippen LogP contribution in [0.1, 0.15) is 5.56 Å². The summed E-state index contributed by atoms with van der Waals surface area (Å²) in [6.07, 6.45) is 0. The van der Waals surface area contributed by atoms with Gasteiger partial charge in [-0.3, -0.25) is 4.79 Å². The molecule has 0 amide bonds. The van der Waals surface area contributed by atoms with Gasteiger partial charge in [0.15, 0.2) is 5.75 Å². The van der Waals surface area contributed by atoms with Crippen LogP contribution >= 0.6 is 27.3 Å². The largest absolute Gasteiger partial charge is 0.493 e. The number of benzene rings is 2. The predicted molar refractivity (Wildman–Crippen MR) is 81.5 cm³/mol. The van der Waals surface area contributed by atoms with Crippen LogP contribution in [-0.4, -0.2) is 12.1 Å². The molecule has 1 aromatic rings. The molecule has 1 aliphatic heterocycles. The average molecular weight is 336 g/mol. The van der Waals surface area contributed by atoms with Gasteiger partial charge in [0, 0.05) is 6.07 Å². The van der Waals surface area contributed by atoms with E-state index in [9.17, 15) is 4.79 Å². The van der Waals surface area contributed by atoms with E-state index in [-0.39, 0.29) is 5.43 Å². The summed E-state index contributed by atoms with van der Waals surface area (Å²) in [6.45, 7) is 2.04. The van der Waals surface area contributed by atoms with Gasteiger partial charge in [-0.2, -0.15) is 0 Å². The molecule has 0 fully saturated rings. The van der Waals surface area contributed by atoms with E-state index in [4.69, 9.17) is 4.74 Å². The summed E-state index contributed by atoms with van der Waals surface area (Å²) in [7, 11) is 1.49. The Morgan fingerprint density at radius 1 is 1.32 bits per heavy atom. The summed E-state index contributed by atoms with van der Waals surface area (Å²) in [5.74, 6) is 0.311. The molecule has 5 heteroatoms. The van der Waals surface area contributed by atoms with Crippen molar-refractivity contribution in [2.75, 3.05) is 7.11 Å². The van der Waals surface area contributed by atoms with Crippen LogP contribution in [0.15, 0.2) is 33.5 Å². The Bertz CT molecular complexity index is 813. The lowest BCUT2D eigenvalue weighted by molar-refractivity contribution is 0.410. The van der Waals surface area contributed by atoms with Crippen molar-refractivity contribution in [3.05, 3.63) is 44.5 Å². The van der Waals surface area contributed by atoms with Gasteiger partial charge in [-0.1, -0.05) is 6.07 Å². The number of aromatic nitrogens is 1. The number of hydrogen-bond donors (Lipinski definition) is 0. The summed E-state index contributed by atoms with van der Waals surface area (Å²) in [4.78, 5) is 17.5. The van der Waals surface area contributed by atoms with Crippen molar-refractivity contribution >= 4 is 37.5 Å². The summed E-state index contributed by atoms with van der Waals surface area (Å²) in [5.41, 5.74) is 2.73. The van der Waals surface area contributed by atoms with Crippen molar-refractivity contribution in [3.63, 3.8) is 0 Å². The molecule has 0 radical (unpaired) electrons. The van der Waals surface area contributed by atoms with Crippen LogP contribution in [0.4, 0.5) is 0 Å². The first-order valence-electron chi connectivity index (χ1n) is 5.68. The van der Waals surface area contributed by atoms with E-state index < -0.39 is 0 Å². The Kier molecular flexibility index (Phi) is 3.03. The number of methoxy groups -OCH3 is 1. The zero-order valence-electron chi connectivity index (χ0n) is 10.4. The lowest BCUT2D eigenvalue weighted by Gasteiger charge is -2.10.